The Kier molecular flexibility index (Phi) is 10.0. The predicted octanol–water partition coefficient (Wildman–Crippen LogP) is 17.5. The van der Waals surface area contributed by atoms with Crippen LogP contribution in [0.5, 0.6) is 0 Å². The van der Waals surface area contributed by atoms with Gasteiger partial charge in [-0.05, 0) is 141 Å². The molecule has 2 nitrogen and oxygen atoms in total. The summed E-state index contributed by atoms with van der Waals surface area (Å²) >= 11 is 0. The minimum Gasteiger partial charge on any atom is -0.310 e. The van der Waals surface area contributed by atoms with Crippen molar-refractivity contribution < 1.29 is 0 Å². The highest BCUT2D eigenvalue weighted by Gasteiger charge is 2.36. The summed E-state index contributed by atoms with van der Waals surface area (Å²) in [6.07, 6.45) is 6.58. The molecule has 0 unspecified atom stereocenters. The fraction of sp³-hybridized carbons (Fsp3) is 0.148. The van der Waals surface area contributed by atoms with Crippen LogP contribution >= 0.6 is 0 Å². The Morgan fingerprint density at radius 3 is 1.62 bits per heavy atom. The zero-order chi connectivity index (χ0) is 42.3. The van der Waals surface area contributed by atoms with Crippen LogP contribution in [0.2, 0.25) is 0 Å². The summed E-state index contributed by atoms with van der Waals surface area (Å²) in [5.74, 6) is 0.646. The first-order valence-corrected chi connectivity index (χ1v) is 22.8. The van der Waals surface area contributed by atoms with Gasteiger partial charge in [-0.2, -0.15) is 0 Å². The molecule has 11 rings (SSSR count). The molecular weight excluding hydrogens is 761 g/mol. The van der Waals surface area contributed by atoms with Crippen LogP contribution in [0.3, 0.4) is 0 Å². The molecule has 0 spiro atoms. The van der Waals surface area contributed by atoms with Gasteiger partial charge in [0.15, 0.2) is 0 Å². The van der Waals surface area contributed by atoms with E-state index in [1.54, 1.807) is 0 Å². The monoisotopic (exact) mass is 812 g/mol. The molecule has 0 saturated heterocycles. The molecule has 306 valence electrons. The molecule has 2 aliphatic carbocycles. The second kappa shape index (κ2) is 16.3. The van der Waals surface area contributed by atoms with Crippen LogP contribution in [0.4, 0.5) is 34.1 Å². The van der Waals surface area contributed by atoms with Crippen molar-refractivity contribution >= 4 is 44.9 Å². The lowest BCUT2D eigenvalue weighted by molar-refractivity contribution is 0.443. The minimum atomic E-state index is -0.113. The van der Waals surface area contributed by atoms with Gasteiger partial charge in [-0.25, -0.2) is 0 Å². The average Bonchev–Trinajstić information content (AvgIpc) is 3.58. The van der Waals surface area contributed by atoms with Crippen LogP contribution in [0.15, 0.2) is 212 Å². The third-order valence-electron chi connectivity index (χ3n) is 13.9. The molecule has 0 bridgehead atoms. The second-order valence-electron chi connectivity index (χ2n) is 18.0. The molecule has 2 heteroatoms. The van der Waals surface area contributed by atoms with Crippen molar-refractivity contribution in [3.05, 3.63) is 229 Å². The van der Waals surface area contributed by atoms with Gasteiger partial charge in [0.25, 0.3) is 0 Å². The van der Waals surface area contributed by atoms with Crippen molar-refractivity contribution in [1.29, 1.82) is 0 Å². The number of fused-ring (bicyclic) bond motifs is 4. The van der Waals surface area contributed by atoms with Crippen LogP contribution in [-0.2, 0) is 5.41 Å². The number of benzene rings is 9. The Morgan fingerprint density at radius 1 is 0.397 bits per heavy atom. The normalized spacial score (nSPS) is 14.3. The Bertz CT molecular complexity index is 3030. The van der Waals surface area contributed by atoms with Crippen LogP contribution in [0, 0.1) is 0 Å². The van der Waals surface area contributed by atoms with Crippen molar-refractivity contribution in [2.75, 3.05) is 9.80 Å². The number of hydrogen-bond donors (Lipinski definition) is 0. The van der Waals surface area contributed by atoms with Crippen LogP contribution < -0.4 is 9.80 Å². The molecule has 0 aliphatic heterocycles. The van der Waals surface area contributed by atoms with E-state index in [-0.39, 0.29) is 5.41 Å². The van der Waals surface area contributed by atoms with E-state index in [0.717, 1.165) is 34.1 Å². The van der Waals surface area contributed by atoms with Crippen LogP contribution in [0.1, 0.15) is 68.6 Å². The summed E-state index contributed by atoms with van der Waals surface area (Å²) in [5.41, 5.74) is 18.4. The highest BCUT2D eigenvalue weighted by atomic mass is 15.2. The molecule has 2 aliphatic rings. The average molecular weight is 813 g/mol. The Hall–Kier alpha value is -7.16. The number of rotatable bonds is 9. The first-order chi connectivity index (χ1) is 31.0. The van der Waals surface area contributed by atoms with Crippen molar-refractivity contribution in [2.24, 2.45) is 0 Å². The molecule has 0 heterocycles. The van der Waals surface area contributed by atoms with E-state index >= 15 is 0 Å². The zero-order valence-electron chi connectivity index (χ0n) is 36.2. The smallest absolute Gasteiger partial charge is 0.0546 e. The predicted molar refractivity (Wildman–Crippen MR) is 268 cm³/mol. The molecule has 63 heavy (non-hydrogen) atoms. The van der Waals surface area contributed by atoms with Gasteiger partial charge in [0.05, 0.1) is 5.69 Å². The second-order valence-corrected chi connectivity index (χ2v) is 18.0. The van der Waals surface area contributed by atoms with E-state index in [4.69, 9.17) is 0 Å². The fourth-order valence-electron chi connectivity index (χ4n) is 10.6. The molecular formula is C61H52N2. The highest BCUT2D eigenvalue weighted by molar-refractivity contribution is 6.05. The van der Waals surface area contributed by atoms with Crippen molar-refractivity contribution in [3.63, 3.8) is 0 Å². The lowest BCUT2D eigenvalue weighted by atomic mass is 9.82. The Labute approximate surface area is 372 Å². The molecule has 1 saturated carbocycles. The fourth-order valence-corrected chi connectivity index (χ4v) is 10.6. The SMILES string of the molecule is CC1(C)c2ccccc2-c2ccc(N(c3ccc(-c4ccccc4)cc3)c3ccc(N(c4ccc(C5CCCCC5)cc4)c4ccc5ccccc5c4-c4ccccc4)cc3)cc21. The van der Waals surface area contributed by atoms with Crippen LogP contribution in [0.25, 0.3) is 44.2 Å². The highest BCUT2D eigenvalue weighted by Crippen LogP contribution is 2.51. The van der Waals surface area contributed by atoms with Crippen molar-refractivity contribution in [2.45, 2.75) is 57.3 Å². The quantitative estimate of drug-likeness (QED) is 0.143. The number of anilines is 6. The van der Waals surface area contributed by atoms with Gasteiger partial charge in [0.2, 0.25) is 0 Å². The molecule has 0 N–H and O–H groups in total. The number of nitrogens with zero attached hydrogens (tertiary/aromatic N) is 2. The largest absolute Gasteiger partial charge is 0.310 e. The summed E-state index contributed by atoms with van der Waals surface area (Å²) in [6, 6.07) is 78.7. The van der Waals surface area contributed by atoms with E-state index < -0.39 is 0 Å². The minimum absolute atomic E-state index is 0.113. The lowest BCUT2D eigenvalue weighted by Crippen LogP contribution is -2.16. The third kappa shape index (κ3) is 7.10. The molecule has 0 radical (unpaired) electrons. The molecule has 9 aromatic rings. The third-order valence-corrected chi connectivity index (χ3v) is 13.9. The summed E-state index contributed by atoms with van der Waals surface area (Å²) in [7, 11) is 0. The van der Waals surface area contributed by atoms with Gasteiger partial charge >= 0.3 is 0 Å². The van der Waals surface area contributed by atoms with Gasteiger partial charge in [0, 0.05) is 39.4 Å². The van der Waals surface area contributed by atoms with Gasteiger partial charge < -0.3 is 9.80 Å². The van der Waals surface area contributed by atoms with Gasteiger partial charge in [-0.15, -0.1) is 0 Å². The molecule has 1 fully saturated rings. The van der Waals surface area contributed by atoms with Gasteiger partial charge in [-0.1, -0.05) is 179 Å². The summed E-state index contributed by atoms with van der Waals surface area (Å²) < 4.78 is 0. The first-order valence-electron chi connectivity index (χ1n) is 22.8. The molecule has 9 aromatic carbocycles. The molecule has 0 aromatic heterocycles. The standard InChI is InChI=1S/C61H52N2/c1-61(2)57-25-15-14-24-55(57)56-40-39-53(42-58(56)61)62(49-31-26-45(27-32-49)43-16-6-3-7-17-43)50-35-37-52(38-36-50)63(51-33-28-46(29-34-51)44-18-8-4-9-19-44)59-41-30-47-20-12-13-23-54(47)60(59)48-21-10-5-11-22-48/h3,5-7,10-17,20-42,44H,4,8-9,18-19H2,1-2H3. The lowest BCUT2D eigenvalue weighted by Gasteiger charge is -2.31. The van der Waals surface area contributed by atoms with Crippen molar-refractivity contribution in [1.82, 2.24) is 0 Å². The maximum atomic E-state index is 2.47. The van der Waals surface area contributed by atoms with E-state index in [0.29, 0.717) is 5.92 Å². The Balaban J connectivity index is 1.05. The van der Waals surface area contributed by atoms with E-state index in [9.17, 15) is 0 Å². The maximum absolute atomic E-state index is 2.47. The van der Waals surface area contributed by atoms with E-state index in [1.807, 2.05) is 0 Å². The zero-order valence-corrected chi connectivity index (χ0v) is 36.2. The molecule has 0 amide bonds. The number of hydrogen-bond acceptors (Lipinski definition) is 2. The van der Waals surface area contributed by atoms with E-state index in [1.165, 1.54) is 92.9 Å². The van der Waals surface area contributed by atoms with Crippen LogP contribution in [-0.4, -0.2) is 0 Å². The van der Waals surface area contributed by atoms with Gasteiger partial charge in [-0.3, -0.25) is 0 Å². The maximum Gasteiger partial charge on any atom is 0.0546 e. The summed E-state index contributed by atoms with van der Waals surface area (Å²) in [6.45, 7) is 4.73. The van der Waals surface area contributed by atoms with E-state index in [2.05, 4.69) is 236 Å². The Morgan fingerprint density at radius 2 is 0.921 bits per heavy atom. The topological polar surface area (TPSA) is 6.48 Å². The molecule has 0 atom stereocenters. The summed E-state index contributed by atoms with van der Waals surface area (Å²) in [4.78, 5) is 4.89. The van der Waals surface area contributed by atoms with Gasteiger partial charge in [0.1, 0.15) is 0 Å². The van der Waals surface area contributed by atoms with Crippen molar-refractivity contribution in [3.8, 4) is 33.4 Å². The first kappa shape index (κ1) is 38.7. The summed E-state index contributed by atoms with van der Waals surface area (Å²) in [5, 5.41) is 2.48.